The minimum absolute atomic E-state index is 0.757. The Bertz CT molecular complexity index is 745. The molecule has 1 heterocycles. The first kappa shape index (κ1) is 25.2. The second-order valence-electron chi connectivity index (χ2n) is 12.4. The van der Waals surface area contributed by atoms with Gasteiger partial charge in [-0.05, 0) is 0 Å². The molecule has 0 spiro atoms. The maximum absolute atomic E-state index is 11.0. The maximum atomic E-state index is 11.0. The summed E-state index contributed by atoms with van der Waals surface area (Å²) in [6.45, 7) is 22.4. The Balaban J connectivity index is 0.000000199. The number of fused-ring (bicyclic) bond motifs is 3. The summed E-state index contributed by atoms with van der Waals surface area (Å²) in [6, 6.07) is 0. The molecule has 0 aromatic heterocycles. The molecule has 1 amide bonds. The van der Waals surface area contributed by atoms with E-state index in [1.807, 2.05) is 0 Å². The number of nitrogens with one attached hydrogen (secondary N) is 1. The second-order valence-corrected chi connectivity index (χ2v) is 29.3. The van der Waals surface area contributed by atoms with Gasteiger partial charge >= 0.3 is 119 Å². The molecule has 31 heavy (non-hydrogen) atoms. The molecule has 0 radical (unpaired) electrons. The number of carbonyl (C=O) groups excluding carboxylic acids is 1. The van der Waals surface area contributed by atoms with Crippen LogP contribution in [-0.2, 0) is 21.6 Å². The average molecular weight is 492 g/mol. The molecular weight excluding hydrogens is 446 g/mol. The van der Waals surface area contributed by atoms with Crippen LogP contribution in [0.25, 0.3) is 0 Å². The summed E-state index contributed by atoms with van der Waals surface area (Å²) in [5, 5.41) is 2.73. The number of amides is 1. The zero-order valence-electron chi connectivity index (χ0n) is 20.8. The van der Waals surface area contributed by atoms with Crippen LogP contribution in [0.4, 0.5) is 0 Å². The Kier molecular flexibility index (Phi) is 7.68. The van der Waals surface area contributed by atoms with Crippen molar-refractivity contribution in [2.45, 2.75) is 78.6 Å². The van der Waals surface area contributed by atoms with Gasteiger partial charge < -0.3 is 0 Å². The van der Waals surface area contributed by atoms with Crippen molar-refractivity contribution >= 4 is 22.6 Å². The third-order valence-electron chi connectivity index (χ3n) is 8.42. The number of hydrogen-bond acceptors (Lipinski definition) is 1. The molecule has 2 nitrogen and oxygen atoms in total. The molecular formula is C26H45NOSi2Ti. The molecule has 1 aliphatic heterocycles. The number of hydrogen-bond donors (Lipinski definition) is 1. The van der Waals surface area contributed by atoms with Crippen LogP contribution in [0.5, 0.6) is 0 Å². The molecule has 4 aliphatic rings. The van der Waals surface area contributed by atoms with Crippen molar-refractivity contribution in [3.63, 3.8) is 0 Å². The fraction of sp³-hybridized carbons (Fsp3) is 0.654. The monoisotopic (exact) mass is 491 g/mol. The molecule has 1 N–H and O–H groups in total. The Labute approximate surface area is 197 Å². The zero-order chi connectivity index (χ0) is 23.0. The fourth-order valence-corrected chi connectivity index (χ4v) is 18.3. The van der Waals surface area contributed by atoms with Crippen LogP contribution in [0.1, 0.15) is 25.7 Å². The molecule has 5 heteroatoms. The Morgan fingerprint density at radius 3 is 1.81 bits per heavy atom. The molecule has 5 atom stereocenters. The summed E-state index contributed by atoms with van der Waals surface area (Å²) < 4.78 is 7.03. The zero-order valence-corrected chi connectivity index (χ0v) is 24.4. The summed E-state index contributed by atoms with van der Waals surface area (Å²) in [4.78, 5) is 11.0. The van der Waals surface area contributed by atoms with Crippen molar-refractivity contribution in [3.8, 4) is 0 Å². The van der Waals surface area contributed by atoms with Crippen molar-refractivity contribution < 1.29 is 21.6 Å². The van der Waals surface area contributed by atoms with E-state index in [1.54, 1.807) is 0 Å². The van der Waals surface area contributed by atoms with E-state index in [9.17, 15) is 4.79 Å². The Hall–Kier alpha value is -0.422. The summed E-state index contributed by atoms with van der Waals surface area (Å²) in [5.41, 5.74) is 0. The van der Waals surface area contributed by atoms with Crippen LogP contribution in [0, 0.1) is 23.7 Å². The SMILES string of the molecule is C=C(C(=C)[Si](C)(C)C)[Si](C)(C)C.O=C[NH][Ti]1([CH]2C3C=CC=CC3C3CCCCC32)[CH2][CH2]1. The molecule has 0 aromatic carbocycles. The van der Waals surface area contributed by atoms with Gasteiger partial charge in [-0.15, -0.1) is 0 Å². The van der Waals surface area contributed by atoms with E-state index in [-0.39, 0.29) is 0 Å². The summed E-state index contributed by atoms with van der Waals surface area (Å²) >= 11 is -2.00. The molecule has 4 rings (SSSR count). The Morgan fingerprint density at radius 2 is 1.35 bits per heavy atom. The van der Waals surface area contributed by atoms with Crippen LogP contribution in [0.3, 0.4) is 0 Å². The van der Waals surface area contributed by atoms with Crippen LogP contribution in [0.2, 0.25) is 53.0 Å². The Morgan fingerprint density at radius 1 is 0.871 bits per heavy atom. The number of rotatable bonds is 6. The van der Waals surface area contributed by atoms with Gasteiger partial charge in [0, 0.05) is 0 Å². The van der Waals surface area contributed by atoms with E-state index in [0.29, 0.717) is 0 Å². The summed E-state index contributed by atoms with van der Waals surface area (Å²) in [6.07, 6.45) is 16.2. The van der Waals surface area contributed by atoms with E-state index in [1.165, 1.54) is 45.5 Å². The third-order valence-corrected chi connectivity index (χ3v) is 19.7. The van der Waals surface area contributed by atoms with Gasteiger partial charge in [0.2, 0.25) is 0 Å². The third kappa shape index (κ3) is 5.39. The van der Waals surface area contributed by atoms with Crippen LogP contribution in [-0.4, -0.2) is 22.6 Å². The van der Waals surface area contributed by atoms with Gasteiger partial charge in [0.1, 0.15) is 0 Å². The first-order valence-electron chi connectivity index (χ1n) is 12.4. The van der Waals surface area contributed by atoms with Gasteiger partial charge in [0.25, 0.3) is 0 Å². The summed E-state index contributed by atoms with van der Waals surface area (Å²) in [5.74, 6) is 3.39. The van der Waals surface area contributed by atoms with Gasteiger partial charge in [-0.3, -0.25) is 0 Å². The van der Waals surface area contributed by atoms with E-state index < -0.39 is 33.0 Å². The van der Waals surface area contributed by atoms with Gasteiger partial charge in [-0.1, -0.05) is 62.8 Å². The topological polar surface area (TPSA) is 29.1 Å². The van der Waals surface area contributed by atoms with Gasteiger partial charge in [0.15, 0.2) is 0 Å². The van der Waals surface area contributed by atoms with Gasteiger partial charge in [0.05, 0.1) is 16.1 Å². The second kappa shape index (κ2) is 9.44. The van der Waals surface area contributed by atoms with Crippen molar-refractivity contribution in [3.05, 3.63) is 47.9 Å². The first-order chi connectivity index (χ1) is 14.4. The molecule has 0 bridgehead atoms. The molecule has 0 aromatic rings. The quantitative estimate of drug-likeness (QED) is 0.233. The first-order valence-corrected chi connectivity index (χ1v) is 23.3. The van der Waals surface area contributed by atoms with E-state index in [2.05, 4.69) is 80.5 Å². The van der Waals surface area contributed by atoms with E-state index in [0.717, 1.165) is 34.3 Å². The normalized spacial score (nSPS) is 32.8. The molecule has 2 saturated carbocycles. The number of carbonyl (C=O) groups is 1. The van der Waals surface area contributed by atoms with Crippen LogP contribution >= 0.6 is 0 Å². The van der Waals surface area contributed by atoms with E-state index >= 15 is 0 Å². The summed E-state index contributed by atoms with van der Waals surface area (Å²) in [7, 11) is -2.39. The predicted octanol–water partition coefficient (Wildman–Crippen LogP) is 7.47. The average Bonchev–Trinajstić information content (AvgIpc) is 3.39. The molecule has 3 aliphatic carbocycles. The molecule has 172 valence electrons. The van der Waals surface area contributed by atoms with Crippen molar-refractivity contribution in [1.82, 2.24) is 3.80 Å². The van der Waals surface area contributed by atoms with Crippen molar-refractivity contribution in [2.24, 2.45) is 23.7 Å². The predicted molar refractivity (Wildman–Crippen MR) is 138 cm³/mol. The van der Waals surface area contributed by atoms with Crippen LogP contribution in [0.15, 0.2) is 47.9 Å². The minimum atomic E-state index is -2.00. The van der Waals surface area contributed by atoms with Crippen LogP contribution < -0.4 is 3.80 Å². The van der Waals surface area contributed by atoms with Crippen molar-refractivity contribution in [2.75, 3.05) is 0 Å². The standard InChI is InChI=1S/C13H17.C10H22Si2.C2H4.CH3NO.Ti/c1-3-7-12-10(5-1)9-11-6-2-4-8-13(11)12;1-9(11(3,4)5)10(2)12(6,7)8;1-2;2-1-3;/h1,3,5,7,9-13H,2,4,6,8H2;1-2H2,3-8H3;1-2H2;1H,(H2,2,3);/q;;;;+1/p-1. The fourth-order valence-electron chi connectivity index (χ4n) is 6.34. The molecule has 3 fully saturated rings. The number of allylic oxidation sites excluding steroid dienone is 6. The van der Waals surface area contributed by atoms with Gasteiger partial charge in [-0.25, -0.2) is 0 Å². The van der Waals surface area contributed by atoms with Gasteiger partial charge in [-0.2, -0.15) is 0 Å². The molecule has 5 unspecified atom stereocenters. The van der Waals surface area contributed by atoms with Crippen molar-refractivity contribution in [1.29, 1.82) is 0 Å². The van der Waals surface area contributed by atoms with E-state index in [4.69, 9.17) is 0 Å². The molecule has 1 saturated heterocycles.